The molecule has 0 fully saturated rings. The van der Waals surface area contributed by atoms with Crippen LogP contribution in [0, 0.1) is 0 Å². The van der Waals surface area contributed by atoms with Gasteiger partial charge in [-0.3, -0.25) is 0 Å². The molecule has 0 unspecified atom stereocenters. The number of benzene rings is 1. The van der Waals surface area contributed by atoms with E-state index in [1.807, 2.05) is 29.6 Å². The average molecular weight is 279 g/mol. The summed E-state index contributed by atoms with van der Waals surface area (Å²) in [5, 5.41) is 2.02. The molecule has 0 saturated heterocycles. The predicted octanol–water partition coefficient (Wildman–Crippen LogP) is 2.97. The zero-order valence-corrected chi connectivity index (χ0v) is 11.5. The number of thiophene rings is 1. The summed E-state index contributed by atoms with van der Waals surface area (Å²) in [7, 11) is 1.59. The summed E-state index contributed by atoms with van der Waals surface area (Å²) in [4.78, 5) is 1.51. The van der Waals surface area contributed by atoms with E-state index in [1.54, 1.807) is 24.5 Å². The van der Waals surface area contributed by atoms with E-state index in [-0.39, 0.29) is 0 Å². The molecule has 0 saturated carbocycles. The summed E-state index contributed by atoms with van der Waals surface area (Å²) < 4.78 is 11.0. The van der Waals surface area contributed by atoms with Gasteiger partial charge in [0.25, 0.3) is 0 Å². The largest absolute Gasteiger partial charge is 0.493 e. The van der Waals surface area contributed by atoms with Crippen molar-refractivity contribution in [2.45, 2.75) is 6.61 Å². The van der Waals surface area contributed by atoms with Crippen molar-refractivity contribution >= 4 is 28.5 Å². The summed E-state index contributed by atoms with van der Waals surface area (Å²) in [6, 6.07) is 9.46. The summed E-state index contributed by atoms with van der Waals surface area (Å²) in [6.45, 7) is 0.528. The van der Waals surface area contributed by atoms with Crippen LogP contribution >= 0.6 is 23.6 Å². The van der Waals surface area contributed by atoms with E-state index >= 15 is 0 Å². The van der Waals surface area contributed by atoms with E-state index in [0.717, 1.165) is 10.4 Å². The fourth-order valence-corrected chi connectivity index (χ4v) is 2.23. The molecule has 1 heterocycles. The van der Waals surface area contributed by atoms with E-state index in [9.17, 15) is 0 Å². The second-order valence-electron chi connectivity index (χ2n) is 3.60. The first-order valence-corrected chi connectivity index (χ1v) is 6.62. The molecule has 3 nitrogen and oxygen atoms in total. The third-order valence-electron chi connectivity index (χ3n) is 2.40. The molecule has 1 aromatic carbocycles. The Hall–Kier alpha value is -1.59. The topological polar surface area (TPSA) is 44.5 Å². The maximum Gasteiger partial charge on any atom is 0.161 e. The Kier molecular flexibility index (Phi) is 4.17. The quantitative estimate of drug-likeness (QED) is 0.855. The molecule has 94 valence electrons. The van der Waals surface area contributed by atoms with Gasteiger partial charge in [-0.1, -0.05) is 18.3 Å². The summed E-state index contributed by atoms with van der Waals surface area (Å²) in [5.41, 5.74) is 6.34. The fraction of sp³-hybridized carbons (Fsp3) is 0.154. The van der Waals surface area contributed by atoms with Crippen molar-refractivity contribution in [3.8, 4) is 11.5 Å². The van der Waals surface area contributed by atoms with Crippen molar-refractivity contribution in [3.63, 3.8) is 0 Å². The molecule has 0 aliphatic heterocycles. The Morgan fingerprint density at radius 1 is 1.33 bits per heavy atom. The molecule has 0 aliphatic carbocycles. The van der Waals surface area contributed by atoms with Crippen molar-refractivity contribution < 1.29 is 9.47 Å². The number of hydrogen-bond acceptors (Lipinski definition) is 4. The highest BCUT2D eigenvalue weighted by molar-refractivity contribution is 7.80. The highest BCUT2D eigenvalue weighted by Crippen LogP contribution is 2.29. The molecule has 0 radical (unpaired) electrons. The first kappa shape index (κ1) is 12.9. The van der Waals surface area contributed by atoms with Crippen LogP contribution in [0.2, 0.25) is 0 Å². The van der Waals surface area contributed by atoms with E-state index in [0.29, 0.717) is 23.1 Å². The molecule has 0 aliphatic rings. The highest BCUT2D eigenvalue weighted by Gasteiger charge is 2.07. The Morgan fingerprint density at radius 2 is 2.17 bits per heavy atom. The van der Waals surface area contributed by atoms with Gasteiger partial charge in [-0.2, -0.15) is 0 Å². The number of ether oxygens (including phenoxy) is 2. The molecular weight excluding hydrogens is 266 g/mol. The van der Waals surface area contributed by atoms with Crippen molar-refractivity contribution in [2.24, 2.45) is 5.73 Å². The van der Waals surface area contributed by atoms with Crippen molar-refractivity contribution in [1.82, 2.24) is 0 Å². The molecular formula is C13H13NO2S2. The first-order chi connectivity index (χ1) is 8.70. The normalized spacial score (nSPS) is 10.1. The van der Waals surface area contributed by atoms with Crippen LogP contribution in [-0.2, 0) is 6.61 Å². The molecule has 2 rings (SSSR count). The second-order valence-corrected chi connectivity index (χ2v) is 5.07. The lowest BCUT2D eigenvalue weighted by molar-refractivity contribution is 0.287. The van der Waals surface area contributed by atoms with Crippen LogP contribution in [0.5, 0.6) is 11.5 Å². The van der Waals surface area contributed by atoms with Gasteiger partial charge in [-0.15, -0.1) is 11.3 Å². The van der Waals surface area contributed by atoms with E-state index in [1.165, 1.54) is 0 Å². The molecule has 0 spiro atoms. The van der Waals surface area contributed by atoms with E-state index < -0.39 is 0 Å². The predicted molar refractivity (Wildman–Crippen MR) is 77.5 cm³/mol. The lowest BCUT2D eigenvalue weighted by Gasteiger charge is -2.11. The van der Waals surface area contributed by atoms with E-state index in [2.05, 4.69) is 0 Å². The average Bonchev–Trinajstić information content (AvgIpc) is 2.89. The van der Waals surface area contributed by atoms with Gasteiger partial charge in [0, 0.05) is 10.4 Å². The third kappa shape index (κ3) is 3.00. The minimum absolute atomic E-state index is 0.345. The molecule has 0 amide bonds. The zero-order chi connectivity index (χ0) is 13.0. The van der Waals surface area contributed by atoms with Crippen LogP contribution in [0.1, 0.15) is 10.4 Å². The first-order valence-electron chi connectivity index (χ1n) is 5.33. The number of methoxy groups -OCH3 is 1. The molecule has 5 heteroatoms. The van der Waals surface area contributed by atoms with Crippen molar-refractivity contribution in [2.75, 3.05) is 7.11 Å². The number of nitrogens with two attached hydrogens (primary N) is 1. The number of thiocarbonyl (C=S) groups is 1. The standard InChI is InChI=1S/C13H13NO2S2/c1-15-12-7-9(13(14)17)4-5-11(12)16-8-10-3-2-6-18-10/h2-7H,8H2,1H3,(H2,14,17). The third-order valence-corrected chi connectivity index (χ3v) is 3.48. The van der Waals surface area contributed by atoms with Gasteiger partial charge in [0.05, 0.1) is 7.11 Å². The van der Waals surface area contributed by atoms with Gasteiger partial charge in [-0.05, 0) is 29.6 Å². The molecule has 2 aromatic rings. The lowest BCUT2D eigenvalue weighted by Crippen LogP contribution is -2.09. The van der Waals surface area contributed by atoms with Crippen LogP contribution in [-0.4, -0.2) is 12.1 Å². The Morgan fingerprint density at radius 3 is 2.78 bits per heavy atom. The smallest absolute Gasteiger partial charge is 0.161 e. The van der Waals surface area contributed by atoms with Gasteiger partial charge in [0.15, 0.2) is 11.5 Å². The molecule has 18 heavy (non-hydrogen) atoms. The monoisotopic (exact) mass is 279 g/mol. The second kappa shape index (κ2) is 5.84. The number of hydrogen-bond donors (Lipinski definition) is 1. The molecule has 0 atom stereocenters. The maximum absolute atomic E-state index is 5.71. The van der Waals surface area contributed by atoms with Crippen molar-refractivity contribution in [1.29, 1.82) is 0 Å². The van der Waals surface area contributed by atoms with Gasteiger partial charge < -0.3 is 15.2 Å². The minimum atomic E-state index is 0.345. The molecule has 2 N–H and O–H groups in total. The SMILES string of the molecule is COc1cc(C(N)=S)ccc1OCc1cccs1. The van der Waals surface area contributed by atoms with Crippen molar-refractivity contribution in [3.05, 3.63) is 46.2 Å². The van der Waals surface area contributed by atoms with Gasteiger partial charge in [0.2, 0.25) is 0 Å². The summed E-state index contributed by atoms with van der Waals surface area (Å²) in [5.74, 6) is 1.32. The van der Waals surface area contributed by atoms with Gasteiger partial charge in [0.1, 0.15) is 11.6 Å². The fourth-order valence-electron chi connectivity index (χ4n) is 1.48. The van der Waals surface area contributed by atoms with Crippen LogP contribution in [0.4, 0.5) is 0 Å². The Bertz CT molecular complexity index is 538. The van der Waals surface area contributed by atoms with Crippen LogP contribution in [0.25, 0.3) is 0 Å². The van der Waals surface area contributed by atoms with Gasteiger partial charge >= 0.3 is 0 Å². The lowest BCUT2D eigenvalue weighted by atomic mass is 10.2. The maximum atomic E-state index is 5.71. The van der Waals surface area contributed by atoms with E-state index in [4.69, 9.17) is 27.4 Å². The Balaban J connectivity index is 2.14. The highest BCUT2D eigenvalue weighted by atomic mass is 32.1. The summed E-state index contributed by atoms with van der Waals surface area (Å²) >= 11 is 6.58. The summed E-state index contributed by atoms with van der Waals surface area (Å²) in [6.07, 6.45) is 0. The van der Waals surface area contributed by atoms with Crippen LogP contribution < -0.4 is 15.2 Å². The molecule has 1 aromatic heterocycles. The number of rotatable bonds is 5. The zero-order valence-electron chi connectivity index (χ0n) is 9.88. The van der Waals surface area contributed by atoms with Crippen LogP contribution in [0.3, 0.4) is 0 Å². The van der Waals surface area contributed by atoms with Crippen LogP contribution in [0.15, 0.2) is 35.7 Å². The minimum Gasteiger partial charge on any atom is -0.493 e. The Labute approximate surface area is 115 Å². The van der Waals surface area contributed by atoms with Gasteiger partial charge in [-0.25, -0.2) is 0 Å². The molecule has 0 bridgehead atoms.